The molecule has 3 atom stereocenters. The minimum atomic E-state index is -0.201. The van der Waals surface area contributed by atoms with Crippen LogP contribution in [0, 0.1) is 6.92 Å². The van der Waals surface area contributed by atoms with Crippen LogP contribution in [0.2, 0.25) is 0 Å². The summed E-state index contributed by atoms with van der Waals surface area (Å²) in [4.78, 5) is 36.0. The van der Waals surface area contributed by atoms with Crippen molar-refractivity contribution < 1.29 is 14.3 Å². The third kappa shape index (κ3) is 4.30. The summed E-state index contributed by atoms with van der Waals surface area (Å²) in [5.41, 5.74) is 1.79. The van der Waals surface area contributed by atoms with E-state index in [1.165, 1.54) is 6.20 Å². The first kappa shape index (κ1) is 20.3. The van der Waals surface area contributed by atoms with Gasteiger partial charge in [-0.3, -0.25) is 14.6 Å². The second-order valence-corrected chi connectivity index (χ2v) is 8.47. The number of nitrogens with one attached hydrogen (secondary N) is 1. The number of nitrogens with zero attached hydrogens (tertiary/aromatic N) is 3. The highest BCUT2D eigenvalue weighted by Crippen LogP contribution is 2.37. The Morgan fingerprint density at radius 3 is 2.30 bits per heavy atom. The maximum Gasteiger partial charge on any atom is 0.271 e. The molecule has 4 rings (SSSR count). The number of amides is 2. The third-order valence-electron chi connectivity index (χ3n) is 5.79. The molecule has 2 aromatic rings. The summed E-state index contributed by atoms with van der Waals surface area (Å²) < 4.78 is 5.67. The molecule has 1 aromatic carbocycles. The average Bonchev–Trinajstić information content (AvgIpc) is 2.98. The molecule has 2 bridgehead atoms. The first-order chi connectivity index (χ1) is 14.4. The Morgan fingerprint density at radius 1 is 1.07 bits per heavy atom. The summed E-state index contributed by atoms with van der Waals surface area (Å²) in [6.07, 6.45) is 6.68. The van der Waals surface area contributed by atoms with Gasteiger partial charge in [-0.1, -0.05) is 0 Å². The van der Waals surface area contributed by atoms with Crippen LogP contribution in [0.3, 0.4) is 0 Å². The van der Waals surface area contributed by atoms with E-state index in [4.69, 9.17) is 4.74 Å². The maximum atomic E-state index is 13.2. The summed E-state index contributed by atoms with van der Waals surface area (Å²) in [6, 6.07) is 7.72. The molecule has 2 aliphatic heterocycles. The number of carbonyl (C=O) groups excluding carboxylic acids is 2. The standard InChI is InChI=1S/C23H28N4O3/c1-14(2)30-20-8-4-16(5-9-20)23(29)27-18-6-7-19(27)11-17(10-18)26-22(28)21-13-24-15(3)12-25-21/h4-5,8-9,12-14,17-19H,6-7,10-11H2,1-3H3,(H,26,28)/t17?,18-,19+. The summed E-state index contributed by atoms with van der Waals surface area (Å²) >= 11 is 0. The number of aryl methyl sites for hydroxylation is 1. The molecule has 2 amide bonds. The molecule has 0 spiro atoms. The molecule has 30 heavy (non-hydrogen) atoms. The van der Waals surface area contributed by atoms with E-state index in [-0.39, 0.29) is 36.0 Å². The Kier molecular flexibility index (Phi) is 5.70. The largest absolute Gasteiger partial charge is 0.491 e. The van der Waals surface area contributed by atoms with Gasteiger partial charge >= 0.3 is 0 Å². The second kappa shape index (κ2) is 8.42. The minimum Gasteiger partial charge on any atom is -0.491 e. The quantitative estimate of drug-likeness (QED) is 0.822. The van der Waals surface area contributed by atoms with Gasteiger partial charge in [0.05, 0.1) is 18.0 Å². The number of hydrogen-bond donors (Lipinski definition) is 1. The molecule has 3 heterocycles. The van der Waals surface area contributed by atoms with Gasteiger partial charge < -0.3 is 15.0 Å². The van der Waals surface area contributed by atoms with Crippen molar-refractivity contribution in [3.8, 4) is 5.75 Å². The van der Waals surface area contributed by atoms with Crippen LogP contribution in [-0.2, 0) is 0 Å². The molecule has 1 aromatic heterocycles. The number of rotatable bonds is 5. The minimum absolute atomic E-state index is 0.0453. The van der Waals surface area contributed by atoms with Crippen molar-refractivity contribution in [3.63, 3.8) is 0 Å². The molecular weight excluding hydrogens is 380 g/mol. The molecule has 2 fully saturated rings. The van der Waals surface area contributed by atoms with E-state index in [9.17, 15) is 9.59 Å². The Morgan fingerprint density at radius 2 is 1.73 bits per heavy atom. The van der Waals surface area contributed by atoms with Gasteiger partial charge in [0.15, 0.2) is 0 Å². The first-order valence-corrected chi connectivity index (χ1v) is 10.6. The number of benzene rings is 1. The molecule has 158 valence electrons. The first-order valence-electron chi connectivity index (χ1n) is 10.6. The van der Waals surface area contributed by atoms with E-state index in [0.29, 0.717) is 11.3 Å². The zero-order valence-electron chi connectivity index (χ0n) is 17.7. The number of fused-ring (bicyclic) bond motifs is 2. The maximum absolute atomic E-state index is 13.2. The third-order valence-corrected chi connectivity index (χ3v) is 5.79. The number of hydrogen-bond acceptors (Lipinski definition) is 5. The van der Waals surface area contributed by atoms with E-state index < -0.39 is 0 Å². The lowest BCUT2D eigenvalue weighted by Gasteiger charge is -2.39. The normalized spacial score (nSPS) is 22.8. The fourth-order valence-electron chi connectivity index (χ4n) is 4.49. The van der Waals surface area contributed by atoms with Gasteiger partial charge in [0, 0.05) is 29.9 Å². The van der Waals surface area contributed by atoms with Crippen LogP contribution in [0.25, 0.3) is 0 Å². The van der Waals surface area contributed by atoms with E-state index in [0.717, 1.165) is 37.1 Å². The molecule has 0 radical (unpaired) electrons. The van der Waals surface area contributed by atoms with Gasteiger partial charge in [-0.15, -0.1) is 0 Å². The summed E-state index contributed by atoms with van der Waals surface area (Å²) in [7, 11) is 0. The van der Waals surface area contributed by atoms with Crippen LogP contribution in [0.15, 0.2) is 36.7 Å². The zero-order chi connectivity index (χ0) is 21.3. The Labute approximate surface area is 176 Å². The van der Waals surface area contributed by atoms with Gasteiger partial charge in [0.1, 0.15) is 11.4 Å². The molecule has 2 saturated heterocycles. The molecule has 7 heteroatoms. The van der Waals surface area contributed by atoms with Crippen molar-refractivity contribution in [1.82, 2.24) is 20.2 Å². The molecule has 7 nitrogen and oxygen atoms in total. The summed E-state index contributed by atoms with van der Waals surface area (Å²) in [5, 5.41) is 3.08. The lowest BCUT2D eigenvalue weighted by Crippen LogP contribution is -2.52. The van der Waals surface area contributed by atoms with Crippen molar-refractivity contribution in [3.05, 3.63) is 53.6 Å². The highest BCUT2D eigenvalue weighted by atomic mass is 16.5. The number of carbonyl (C=O) groups is 2. The van der Waals surface area contributed by atoms with Crippen LogP contribution >= 0.6 is 0 Å². The monoisotopic (exact) mass is 408 g/mol. The van der Waals surface area contributed by atoms with Crippen LogP contribution in [-0.4, -0.2) is 50.9 Å². The van der Waals surface area contributed by atoms with Crippen LogP contribution < -0.4 is 10.1 Å². The van der Waals surface area contributed by atoms with Crippen LogP contribution in [0.1, 0.15) is 66.1 Å². The Bertz CT molecular complexity index is 897. The van der Waals surface area contributed by atoms with E-state index in [1.807, 2.05) is 49.9 Å². The molecular formula is C23H28N4O3. The van der Waals surface area contributed by atoms with E-state index in [2.05, 4.69) is 15.3 Å². The van der Waals surface area contributed by atoms with Gasteiger partial charge in [-0.05, 0) is 70.7 Å². The fourth-order valence-corrected chi connectivity index (χ4v) is 4.49. The molecule has 1 N–H and O–H groups in total. The van der Waals surface area contributed by atoms with Crippen molar-refractivity contribution >= 4 is 11.8 Å². The fraction of sp³-hybridized carbons (Fsp3) is 0.478. The average molecular weight is 409 g/mol. The number of ether oxygens (including phenoxy) is 1. The van der Waals surface area contributed by atoms with Crippen molar-refractivity contribution in [2.45, 2.75) is 70.7 Å². The molecule has 0 saturated carbocycles. The smallest absolute Gasteiger partial charge is 0.271 e. The van der Waals surface area contributed by atoms with Gasteiger partial charge in [0.2, 0.25) is 0 Å². The molecule has 1 unspecified atom stereocenters. The summed E-state index contributed by atoms with van der Waals surface area (Å²) in [6.45, 7) is 5.79. The van der Waals surface area contributed by atoms with Crippen molar-refractivity contribution in [2.24, 2.45) is 0 Å². The predicted octanol–water partition coefficient (Wildman–Crippen LogP) is 3.14. The topological polar surface area (TPSA) is 84.4 Å². The van der Waals surface area contributed by atoms with E-state index in [1.54, 1.807) is 6.20 Å². The molecule has 2 aliphatic rings. The summed E-state index contributed by atoms with van der Waals surface area (Å²) in [5.74, 6) is 0.630. The number of aromatic nitrogens is 2. The van der Waals surface area contributed by atoms with Gasteiger partial charge in [-0.2, -0.15) is 0 Å². The highest BCUT2D eigenvalue weighted by Gasteiger charge is 2.43. The van der Waals surface area contributed by atoms with Crippen molar-refractivity contribution in [1.29, 1.82) is 0 Å². The molecule has 0 aliphatic carbocycles. The number of piperidine rings is 1. The van der Waals surface area contributed by atoms with Gasteiger partial charge in [0.25, 0.3) is 11.8 Å². The van der Waals surface area contributed by atoms with Gasteiger partial charge in [-0.25, -0.2) is 4.98 Å². The lowest BCUT2D eigenvalue weighted by atomic mass is 9.96. The van der Waals surface area contributed by atoms with Crippen LogP contribution in [0.4, 0.5) is 0 Å². The van der Waals surface area contributed by atoms with Crippen LogP contribution in [0.5, 0.6) is 5.75 Å². The predicted molar refractivity (Wildman–Crippen MR) is 112 cm³/mol. The highest BCUT2D eigenvalue weighted by molar-refractivity contribution is 5.95. The van der Waals surface area contributed by atoms with E-state index >= 15 is 0 Å². The zero-order valence-corrected chi connectivity index (χ0v) is 17.7. The lowest BCUT2D eigenvalue weighted by molar-refractivity contribution is 0.0549. The van der Waals surface area contributed by atoms with Crippen molar-refractivity contribution in [2.75, 3.05) is 0 Å². The SMILES string of the molecule is Cc1cnc(C(=O)NC2C[C@H]3CC[C@@H](C2)N3C(=O)c2ccc(OC(C)C)cc2)cn1. The Balaban J connectivity index is 1.39. The Hall–Kier alpha value is -2.96. The second-order valence-electron chi connectivity index (χ2n) is 8.47.